The number of hydrogen-bond acceptors (Lipinski definition) is 5. The zero-order valence-electron chi connectivity index (χ0n) is 28.9. The van der Waals surface area contributed by atoms with Gasteiger partial charge in [-0.3, -0.25) is 0 Å². The molecule has 0 saturated heterocycles. The molecule has 0 aliphatic heterocycles. The molecule has 5 heteroatoms. The molecular formula is C49H29N3O2. The van der Waals surface area contributed by atoms with Gasteiger partial charge in [0.1, 0.15) is 22.3 Å². The van der Waals surface area contributed by atoms with Gasteiger partial charge in [-0.25, -0.2) is 15.0 Å². The van der Waals surface area contributed by atoms with Crippen molar-refractivity contribution in [3.05, 3.63) is 176 Å². The molecule has 54 heavy (non-hydrogen) atoms. The van der Waals surface area contributed by atoms with Crippen LogP contribution >= 0.6 is 0 Å². The Bertz CT molecular complexity index is 3200. The highest BCUT2D eigenvalue weighted by molar-refractivity contribution is 6.13. The lowest BCUT2D eigenvalue weighted by atomic mass is 9.96. The third kappa shape index (κ3) is 5.06. The zero-order valence-corrected chi connectivity index (χ0v) is 28.9. The molecule has 0 saturated carbocycles. The number of nitrogens with zero attached hydrogens (tertiary/aromatic N) is 3. The highest BCUT2D eigenvalue weighted by Gasteiger charge is 2.17. The van der Waals surface area contributed by atoms with Gasteiger partial charge in [0.25, 0.3) is 0 Å². The molecule has 0 aliphatic rings. The van der Waals surface area contributed by atoms with Crippen molar-refractivity contribution in [3.63, 3.8) is 0 Å². The van der Waals surface area contributed by atoms with E-state index in [4.69, 9.17) is 23.8 Å². The lowest BCUT2D eigenvalue weighted by Gasteiger charge is -2.09. The predicted octanol–water partition coefficient (Wildman–Crippen LogP) is 13.2. The maximum Gasteiger partial charge on any atom is 0.164 e. The fraction of sp³-hybridized carbons (Fsp3) is 0. The van der Waals surface area contributed by atoms with Gasteiger partial charge in [0.15, 0.2) is 17.5 Å². The van der Waals surface area contributed by atoms with E-state index in [0.29, 0.717) is 17.5 Å². The third-order valence-corrected chi connectivity index (χ3v) is 10.3. The monoisotopic (exact) mass is 691 g/mol. The minimum absolute atomic E-state index is 0.585. The Labute approximate surface area is 309 Å². The summed E-state index contributed by atoms with van der Waals surface area (Å²) >= 11 is 0. The zero-order chi connectivity index (χ0) is 35.6. The molecule has 8 aromatic carbocycles. The normalized spacial score (nSPS) is 11.7. The molecule has 0 bridgehead atoms. The van der Waals surface area contributed by atoms with Crippen molar-refractivity contribution in [1.82, 2.24) is 15.0 Å². The van der Waals surface area contributed by atoms with Crippen LogP contribution in [-0.4, -0.2) is 15.0 Å². The van der Waals surface area contributed by atoms with Gasteiger partial charge in [0, 0.05) is 38.2 Å². The molecule has 0 amide bonds. The van der Waals surface area contributed by atoms with E-state index in [1.165, 1.54) is 5.39 Å². The number of benzene rings is 8. The summed E-state index contributed by atoms with van der Waals surface area (Å²) in [4.78, 5) is 14.9. The number of fused-ring (bicyclic) bond motifs is 7. The minimum Gasteiger partial charge on any atom is -0.456 e. The smallest absolute Gasteiger partial charge is 0.164 e. The van der Waals surface area contributed by atoms with Crippen molar-refractivity contribution in [1.29, 1.82) is 0 Å². The summed E-state index contributed by atoms with van der Waals surface area (Å²) in [6.07, 6.45) is 0. The fourth-order valence-electron chi connectivity index (χ4n) is 7.63. The predicted molar refractivity (Wildman–Crippen MR) is 219 cm³/mol. The summed E-state index contributed by atoms with van der Waals surface area (Å²) in [6, 6.07) is 60.5. The van der Waals surface area contributed by atoms with E-state index in [2.05, 4.69) is 121 Å². The standard InChI is InChI=1S/C49H29N3O2/c1-3-10-30(11-4-1)31-18-20-33(21-19-31)48-50-47(32-12-5-2-6-13-32)51-49(52-48)36-22-24-39-41-27-35(23-25-44(41)54-45(39)28-36)37-16-9-14-34-26-42-38-15-7-8-17-43(38)53-46(42)29-40(34)37/h1-29H. The Morgan fingerprint density at radius 1 is 0.278 bits per heavy atom. The molecule has 0 atom stereocenters. The molecule has 0 unspecified atom stereocenters. The highest BCUT2D eigenvalue weighted by atomic mass is 16.3. The maximum atomic E-state index is 6.48. The average molecular weight is 692 g/mol. The number of para-hydroxylation sites is 1. The first-order valence-corrected chi connectivity index (χ1v) is 18.0. The van der Waals surface area contributed by atoms with Crippen LogP contribution in [0.5, 0.6) is 0 Å². The summed E-state index contributed by atoms with van der Waals surface area (Å²) in [5.74, 6) is 1.82. The number of rotatable bonds is 5. The Kier molecular flexibility index (Phi) is 6.79. The van der Waals surface area contributed by atoms with Crippen LogP contribution in [0.15, 0.2) is 185 Å². The van der Waals surface area contributed by atoms with Gasteiger partial charge in [0.05, 0.1) is 0 Å². The van der Waals surface area contributed by atoms with E-state index in [9.17, 15) is 0 Å². The van der Waals surface area contributed by atoms with Gasteiger partial charge >= 0.3 is 0 Å². The topological polar surface area (TPSA) is 65.0 Å². The SMILES string of the molecule is c1ccc(-c2ccc(-c3nc(-c4ccccc4)nc(-c4ccc5c(c4)oc4ccc(-c6cccc7cc8c(cc67)oc6ccccc68)cc45)n3)cc2)cc1. The third-order valence-electron chi connectivity index (χ3n) is 10.3. The minimum atomic E-state index is 0.585. The highest BCUT2D eigenvalue weighted by Crippen LogP contribution is 2.39. The van der Waals surface area contributed by atoms with Crippen LogP contribution in [0, 0.1) is 0 Å². The summed E-state index contributed by atoms with van der Waals surface area (Å²) < 4.78 is 12.8. The molecule has 3 heterocycles. The van der Waals surface area contributed by atoms with Crippen molar-refractivity contribution in [3.8, 4) is 56.4 Å². The van der Waals surface area contributed by atoms with Crippen LogP contribution < -0.4 is 0 Å². The number of furan rings is 2. The molecule has 0 radical (unpaired) electrons. The van der Waals surface area contributed by atoms with Gasteiger partial charge in [-0.15, -0.1) is 0 Å². The second-order valence-electron chi connectivity index (χ2n) is 13.6. The van der Waals surface area contributed by atoms with E-state index >= 15 is 0 Å². The first kappa shape index (κ1) is 30.3. The van der Waals surface area contributed by atoms with E-state index in [1.54, 1.807) is 0 Å². The average Bonchev–Trinajstić information content (AvgIpc) is 3.80. The van der Waals surface area contributed by atoms with Crippen LogP contribution in [-0.2, 0) is 0 Å². The van der Waals surface area contributed by atoms with Crippen LogP contribution in [0.1, 0.15) is 0 Å². The number of aromatic nitrogens is 3. The molecule has 11 aromatic rings. The summed E-state index contributed by atoms with van der Waals surface area (Å²) in [6.45, 7) is 0. The van der Waals surface area contributed by atoms with Crippen molar-refractivity contribution in [2.45, 2.75) is 0 Å². The summed E-state index contributed by atoms with van der Waals surface area (Å²) in [5.41, 5.74) is 10.6. The molecule has 5 nitrogen and oxygen atoms in total. The summed E-state index contributed by atoms with van der Waals surface area (Å²) in [7, 11) is 0. The molecule has 11 rings (SSSR count). The molecule has 0 fully saturated rings. The Morgan fingerprint density at radius 2 is 0.815 bits per heavy atom. The van der Waals surface area contributed by atoms with Crippen molar-refractivity contribution in [2.75, 3.05) is 0 Å². The lowest BCUT2D eigenvalue weighted by molar-refractivity contribution is 0.669. The first-order chi connectivity index (χ1) is 26.7. The van der Waals surface area contributed by atoms with Crippen LogP contribution in [0.4, 0.5) is 0 Å². The van der Waals surface area contributed by atoms with E-state index in [0.717, 1.165) is 88.2 Å². The van der Waals surface area contributed by atoms with Crippen LogP contribution in [0.25, 0.3) is 111 Å². The molecule has 252 valence electrons. The van der Waals surface area contributed by atoms with Crippen LogP contribution in [0.3, 0.4) is 0 Å². The van der Waals surface area contributed by atoms with Crippen molar-refractivity contribution >= 4 is 54.6 Å². The van der Waals surface area contributed by atoms with Gasteiger partial charge in [-0.1, -0.05) is 133 Å². The second-order valence-corrected chi connectivity index (χ2v) is 13.6. The first-order valence-electron chi connectivity index (χ1n) is 18.0. The lowest BCUT2D eigenvalue weighted by Crippen LogP contribution is -2.00. The maximum absolute atomic E-state index is 6.48. The molecule has 3 aromatic heterocycles. The van der Waals surface area contributed by atoms with Gasteiger partial charge in [-0.2, -0.15) is 0 Å². The van der Waals surface area contributed by atoms with Gasteiger partial charge < -0.3 is 8.83 Å². The van der Waals surface area contributed by atoms with Gasteiger partial charge in [0.2, 0.25) is 0 Å². The van der Waals surface area contributed by atoms with Crippen molar-refractivity contribution < 1.29 is 8.83 Å². The van der Waals surface area contributed by atoms with Crippen LogP contribution in [0.2, 0.25) is 0 Å². The molecule has 0 N–H and O–H groups in total. The van der Waals surface area contributed by atoms with Gasteiger partial charge in [-0.05, 0) is 75.5 Å². The van der Waals surface area contributed by atoms with Crippen molar-refractivity contribution in [2.24, 2.45) is 0 Å². The number of hydrogen-bond donors (Lipinski definition) is 0. The summed E-state index contributed by atoms with van der Waals surface area (Å²) in [5, 5.41) is 6.66. The molecular weight excluding hydrogens is 663 g/mol. The Hall–Kier alpha value is -7.37. The largest absolute Gasteiger partial charge is 0.456 e. The van der Waals surface area contributed by atoms with E-state index in [1.807, 2.05) is 54.6 Å². The molecule has 0 spiro atoms. The molecule has 0 aliphatic carbocycles. The second kappa shape index (κ2) is 12.1. The quantitative estimate of drug-likeness (QED) is 0.180. The van der Waals surface area contributed by atoms with E-state index in [-0.39, 0.29) is 0 Å². The Morgan fingerprint density at radius 3 is 1.59 bits per heavy atom. The Balaban J connectivity index is 1.00. The fourth-order valence-corrected chi connectivity index (χ4v) is 7.63. The van der Waals surface area contributed by atoms with E-state index < -0.39 is 0 Å².